The van der Waals surface area contributed by atoms with Gasteiger partial charge in [0.25, 0.3) is 0 Å². The number of carboxylic acid groups (broad SMARTS) is 1. The van der Waals surface area contributed by atoms with Crippen LogP contribution in [-0.2, 0) is 4.79 Å². The Bertz CT molecular complexity index is 1150. The number of allylic oxidation sites excluding steroid dienone is 10. The van der Waals surface area contributed by atoms with Gasteiger partial charge in [-0.05, 0) is 98.3 Å². The second kappa shape index (κ2) is 16.8. The fraction of sp³-hybridized carbons (Fsp3) is 0.528. The van der Waals surface area contributed by atoms with Gasteiger partial charge in [0.1, 0.15) is 6.10 Å². The fourth-order valence-corrected chi connectivity index (χ4v) is 6.04. The summed E-state index contributed by atoms with van der Waals surface area (Å²) in [5, 5.41) is 23.7. The largest absolute Gasteiger partial charge is 0.481 e. The molecule has 0 bridgehead atoms. The quantitative estimate of drug-likeness (QED) is 0.0892. The van der Waals surface area contributed by atoms with Crippen molar-refractivity contribution in [1.82, 2.24) is 5.32 Å². The SMILES string of the molecule is CC(C)CC1=CC=C(C(NC2=CC(C(O)/C(S)=C/C=C/CCCC(=O)O)=CCC2)C2=CCC(CC(C)C)C=C2)CC1. The first-order valence-electron chi connectivity index (χ1n) is 15.5. The Morgan fingerprint density at radius 1 is 1.10 bits per heavy atom. The van der Waals surface area contributed by atoms with Gasteiger partial charge in [0.15, 0.2) is 0 Å². The molecule has 0 fully saturated rings. The maximum atomic E-state index is 11.0. The lowest BCUT2D eigenvalue weighted by molar-refractivity contribution is -0.137. The summed E-state index contributed by atoms with van der Waals surface area (Å²) in [5.74, 6) is 1.21. The van der Waals surface area contributed by atoms with Crippen LogP contribution in [0.5, 0.6) is 0 Å². The minimum absolute atomic E-state index is 0.130. The summed E-state index contributed by atoms with van der Waals surface area (Å²) < 4.78 is 0. The third kappa shape index (κ3) is 11.4. The van der Waals surface area contributed by atoms with Gasteiger partial charge in [-0.3, -0.25) is 4.79 Å². The van der Waals surface area contributed by atoms with Gasteiger partial charge < -0.3 is 15.5 Å². The number of thiol groups is 1. The summed E-state index contributed by atoms with van der Waals surface area (Å²) in [7, 11) is 0. The highest BCUT2D eigenvalue weighted by molar-refractivity contribution is 7.84. The Kier molecular flexibility index (Phi) is 13.5. The Hall–Kier alpha value is -2.50. The number of unbranched alkanes of at least 4 members (excludes halogenated alkanes) is 1. The molecule has 3 aliphatic carbocycles. The van der Waals surface area contributed by atoms with Crippen molar-refractivity contribution in [3.63, 3.8) is 0 Å². The highest BCUT2D eigenvalue weighted by Crippen LogP contribution is 2.33. The second-order valence-electron chi connectivity index (χ2n) is 12.6. The first kappa shape index (κ1) is 33.0. The van der Waals surface area contributed by atoms with Crippen LogP contribution in [0.25, 0.3) is 0 Å². The molecule has 0 saturated heterocycles. The third-order valence-corrected chi connectivity index (χ3v) is 8.25. The number of carboxylic acids is 1. The molecular formula is C36H51NO3S. The maximum absolute atomic E-state index is 11.0. The van der Waals surface area contributed by atoms with Crippen molar-refractivity contribution in [3.8, 4) is 0 Å². The zero-order valence-electron chi connectivity index (χ0n) is 25.5. The van der Waals surface area contributed by atoms with Crippen molar-refractivity contribution in [1.29, 1.82) is 0 Å². The molecule has 3 aliphatic rings. The summed E-state index contributed by atoms with van der Waals surface area (Å²) in [6.07, 6.45) is 29.7. The number of aliphatic carboxylic acids is 1. The summed E-state index contributed by atoms with van der Waals surface area (Å²) >= 11 is 4.56. The van der Waals surface area contributed by atoms with Crippen molar-refractivity contribution in [2.24, 2.45) is 17.8 Å². The average Bonchev–Trinajstić information content (AvgIpc) is 2.93. The third-order valence-electron chi connectivity index (χ3n) is 7.86. The van der Waals surface area contributed by atoms with Gasteiger partial charge in [-0.1, -0.05) is 88.0 Å². The van der Waals surface area contributed by atoms with Crippen molar-refractivity contribution < 1.29 is 15.0 Å². The van der Waals surface area contributed by atoms with E-state index in [0.717, 1.165) is 49.8 Å². The zero-order chi connectivity index (χ0) is 29.8. The van der Waals surface area contributed by atoms with E-state index in [9.17, 15) is 9.90 Å². The molecule has 0 aliphatic heterocycles. The number of hydrogen-bond donors (Lipinski definition) is 4. The lowest BCUT2D eigenvalue weighted by Crippen LogP contribution is -2.34. The predicted octanol–water partition coefficient (Wildman–Crippen LogP) is 8.78. The van der Waals surface area contributed by atoms with Crippen molar-refractivity contribution in [2.45, 2.75) is 104 Å². The van der Waals surface area contributed by atoms with Crippen LogP contribution in [0.4, 0.5) is 0 Å². The Balaban J connectivity index is 1.74. The summed E-state index contributed by atoms with van der Waals surface area (Å²) in [6.45, 7) is 9.17. The smallest absolute Gasteiger partial charge is 0.303 e. The summed E-state index contributed by atoms with van der Waals surface area (Å²) in [6, 6.07) is 0.130. The van der Waals surface area contributed by atoms with Gasteiger partial charge in [0, 0.05) is 17.0 Å². The Labute approximate surface area is 253 Å². The molecule has 0 saturated carbocycles. The number of aliphatic hydroxyl groups excluding tert-OH is 1. The monoisotopic (exact) mass is 577 g/mol. The van der Waals surface area contributed by atoms with E-state index in [1.165, 1.54) is 17.6 Å². The summed E-state index contributed by atoms with van der Waals surface area (Å²) in [5.41, 5.74) is 6.32. The molecule has 0 spiro atoms. The van der Waals surface area contributed by atoms with E-state index < -0.39 is 12.1 Å². The standard InChI is InChI=1S/C36H51NO3S/c1-25(2)22-27-14-18-29(19-15-27)35(30-20-16-28(17-21-30)23-26(3)4)37-32-11-9-10-31(24-32)36(40)33(41)12-7-5-6-8-13-34(38)39/h5,7,10,12,14,16,18-20,24-27,35-37,40-41H,6,8-9,11,13,15,17,21-23H2,1-4H3,(H,38,39)/b7-5+,33-12-. The molecular weight excluding hydrogens is 526 g/mol. The fourth-order valence-electron chi connectivity index (χ4n) is 5.81. The molecule has 0 amide bonds. The van der Waals surface area contributed by atoms with Gasteiger partial charge >= 0.3 is 5.97 Å². The van der Waals surface area contributed by atoms with Gasteiger partial charge in [-0.15, -0.1) is 12.6 Å². The van der Waals surface area contributed by atoms with Gasteiger partial charge in [-0.25, -0.2) is 0 Å². The molecule has 224 valence electrons. The van der Waals surface area contributed by atoms with Crippen LogP contribution in [0.15, 0.2) is 93.7 Å². The predicted molar refractivity (Wildman–Crippen MR) is 176 cm³/mol. The molecule has 4 nitrogen and oxygen atoms in total. The van der Waals surface area contributed by atoms with Crippen molar-refractivity contribution >= 4 is 18.6 Å². The molecule has 3 N–H and O–H groups in total. The molecule has 5 heteroatoms. The first-order chi connectivity index (χ1) is 19.6. The topological polar surface area (TPSA) is 69.6 Å². The lowest BCUT2D eigenvalue weighted by atomic mass is 9.83. The minimum Gasteiger partial charge on any atom is -0.481 e. The van der Waals surface area contributed by atoms with E-state index in [4.69, 9.17) is 5.11 Å². The van der Waals surface area contributed by atoms with Gasteiger partial charge in [-0.2, -0.15) is 0 Å². The molecule has 0 radical (unpaired) electrons. The lowest BCUT2D eigenvalue weighted by Gasteiger charge is -2.31. The number of hydrogen-bond acceptors (Lipinski definition) is 4. The molecule has 41 heavy (non-hydrogen) atoms. The highest BCUT2D eigenvalue weighted by atomic mass is 32.1. The zero-order valence-corrected chi connectivity index (χ0v) is 26.4. The number of rotatable bonds is 15. The molecule has 0 aromatic heterocycles. The van der Waals surface area contributed by atoms with E-state index in [1.807, 2.05) is 12.2 Å². The molecule has 0 aromatic rings. The van der Waals surface area contributed by atoms with Crippen LogP contribution in [0, 0.1) is 17.8 Å². The van der Waals surface area contributed by atoms with Crippen molar-refractivity contribution in [3.05, 3.63) is 93.7 Å². The number of carbonyl (C=O) groups is 1. The van der Waals surface area contributed by atoms with E-state index in [0.29, 0.717) is 35.5 Å². The van der Waals surface area contributed by atoms with Crippen molar-refractivity contribution in [2.75, 3.05) is 0 Å². The first-order valence-corrected chi connectivity index (χ1v) is 16.0. The minimum atomic E-state index is -0.793. The van der Waals surface area contributed by atoms with Crippen LogP contribution in [0.3, 0.4) is 0 Å². The van der Waals surface area contributed by atoms with E-state index in [-0.39, 0.29) is 12.5 Å². The van der Waals surface area contributed by atoms with Gasteiger partial charge in [0.05, 0.1) is 6.04 Å². The molecule has 3 unspecified atom stereocenters. The molecule has 0 aromatic carbocycles. The highest BCUT2D eigenvalue weighted by Gasteiger charge is 2.24. The van der Waals surface area contributed by atoms with Crippen LogP contribution in [0.1, 0.15) is 91.9 Å². The molecule has 0 heterocycles. The number of nitrogens with one attached hydrogen (secondary N) is 1. The maximum Gasteiger partial charge on any atom is 0.303 e. The van der Waals surface area contributed by atoms with Crippen LogP contribution in [-0.4, -0.2) is 28.3 Å². The summed E-state index contributed by atoms with van der Waals surface area (Å²) in [4.78, 5) is 11.2. The molecule has 3 atom stereocenters. The van der Waals surface area contributed by atoms with E-state index in [2.05, 4.69) is 88.2 Å². The van der Waals surface area contributed by atoms with E-state index >= 15 is 0 Å². The van der Waals surface area contributed by atoms with Crippen LogP contribution in [0.2, 0.25) is 0 Å². The van der Waals surface area contributed by atoms with E-state index in [1.54, 1.807) is 11.6 Å². The van der Waals surface area contributed by atoms with Gasteiger partial charge in [0.2, 0.25) is 0 Å². The van der Waals surface area contributed by atoms with Crippen LogP contribution >= 0.6 is 12.6 Å². The molecule has 3 rings (SSSR count). The normalized spacial score (nSPS) is 21.3. The Morgan fingerprint density at radius 3 is 2.54 bits per heavy atom. The Morgan fingerprint density at radius 2 is 1.90 bits per heavy atom. The number of aliphatic hydroxyl groups is 1. The van der Waals surface area contributed by atoms with Crippen LogP contribution < -0.4 is 5.32 Å². The average molecular weight is 578 g/mol. The second-order valence-corrected chi connectivity index (χ2v) is 13.1.